The Hall–Kier alpha value is -2.12. The van der Waals surface area contributed by atoms with Crippen LogP contribution in [0.4, 0.5) is 17.6 Å². The van der Waals surface area contributed by atoms with Crippen LogP contribution in [0.5, 0.6) is 0 Å². The van der Waals surface area contributed by atoms with Crippen molar-refractivity contribution >= 4 is 11.9 Å². The molecule has 122 valence electrons. The van der Waals surface area contributed by atoms with E-state index in [1.165, 1.54) is 0 Å². The summed E-state index contributed by atoms with van der Waals surface area (Å²) in [5.41, 5.74) is -1.89. The van der Waals surface area contributed by atoms with Crippen LogP contribution in [0.1, 0.15) is 36.2 Å². The van der Waals surface area contributed by atoms with E-state index in [9.17, 15) is 27.2 Å². The first-order valence-corrected chi connectivity index (χ1v) is 6.42. The van der Waals surface area contributed by atoms with Crippen molar-refractivity contribution in [2.45, 2.75) is 32.5 Å². The van der Waals surface area contributed by atoms with E-state index in [4.69, 9.17) is 5.11 Å². The molecular formula is C14H15F4NO3. The summed E-state index contributed by atoms with van der Waals surface area (Å²) in [6.07, 6.45) is -4.70. The fourth-order valence-corrected chi connectivity index (χ4v) is 1.82. The van der Waals surface area contributed by atoms with Crippen molar-refractivity contribution in [1.82, 2.24) is 5.32 Å². The predicted molar refractivity (Wildman–Crippen MR) is 69.7 cm³/mol. The van der Waals surface area contributed by atoms with Gasteiger partial charge in [0.15, 0.2) is 0 Å². The van der Waals surface area contributed by atoms with Crippen molar-refractivity contribution in [3.63, 3.8) is 0 Å². The second kappa shape index (κ2) is 6.76. The molecule has 0 aliphatic rings. The predicted octanol–water partition coefficient (Wildman–Crippen LogP) is 3.07. The van der Waals surface area contributed by atoms with Crippen molar-refractivity contribution in [3.05, 3.63) is 35.1 Å². The summed E-state index contributed by atoms with van der Waals surface area (Å²) in [6, 6.07) is 0.107. The Morgan fingerprint density at radius 2 is 1.82 bits per heavy atom. The SMILES string of the molecule is CC(C)CC(NC(=O)c1cc(F)cc(C(F)(F)F)c1)C(=O)O. The molecule has 1 aromatic carbocycles. The first-order valence-electron chi connectivity index (χ1n) is 6.42. The maximum atomic E-state index is 13.2. The van der Waals surface area contributed by atoms with E-state index in [1.54, 1.807) is 13.8 Å². The van der Waals surface area contributed by atoms with Gasteiger partial charge in [-0.25, -0.2) is 9.18 Å². The zero-order valence-corrected chi connectivity index (χ0v) is 11.9. The van der Waals surface area contributed by atoms with Gasteiger partial charge >= 0.3 is 12.1 Å². The number of benzene rings is 1. The number of nitrogens with one attached hydrogen (secondary N) is 1. The molecule has 1 rings (SSSR count). The minimum absolute atomic E-state index is 0.0559. The summed E-state index contributed by atoms with van der Waals surface area (Å²) in [7, 11) is 0. The Morgan fingerprint density at radius 3 is 2.27 bits per heavy atom. The fourth-order valence-electron chi connectivity index (χ4n) is 1.82. The number of carboxylic acid groups (broad SMARTS) is 1. The van der Waals surface area contributed by atoms with Crippen LogP contribution in [-0.4, -0.2) is 23.0 Å². The number of carbonyl (C=O) groups is 2. The molecule has 0 bridgehead atoms. The first kappa shape index (κ1) is 17.9. The molecule has 0 saturated carbocycles. The van der Waals surface area contributed by atoms with E-state index in [0.717, 1.165) is 0 Å². The standard InChI is InChI=1S/C14H15F4NO3/c1-7(2)3-11(13(21)22)19-12(20)8-4-9(14(16,17)18)6-10(15)5-8/h4-7,11H,3H2,1-2H3,(H,19,20)(H,21,22). The van der Waals surface area contributed by atoms with E-state index in [1.807, 2.05) is 0 Å². The van der Waals surface area contributed by atoms with Crippen LogP contribution in [0.2, 0.25) is 0 Å². The number of alkyl halides is 3. The smallest absolute Gasteiger partial charge is 0.416 e. The molecule has 0 saturated heterocycles. The van der Waals surface area contributed by atoms with Gasteiger partial charge in [-0.05, 0) is 30.5 Å². The Labute approximate surface area is 124 Å². The zero-order chi connectivity index (χ0) is 17.1. The Morgan fingerprint density at radius 1 is 1.23 bits per heavy atom. The lowest BCUT2D eigenvalue weighted by Gasteiger charge is -2.17. The minimum atomic E-state index is -4.80. The average Bonchev–Trinajstić information content (AvgIpc) is 2.35. The number of halogens is 4. The summed E-state index contributed by atoms with van der Waals surface area (Å²) in [6.45, 7) is 3.46. The first-order chi connectivity index (χ1) is 10.0. The molecule has 8 heteroatoms. The molecule has 0 fully saturated rings. The highest BCUT2D eigenvalue weighted by Gasteiger charge is 2.32. The number of hydrogen-bond donors (Lipinski definition) is 2. The fraction of sp³-hybridized carbons (Fsp3) is 0.429. The van der Waals surface area contributed by atoms with Crippen LogP contribution in [0, 0.1) is 11.7 Å². The van der Waals surface area contributed by atoms with E-state index in [-0.39, 0.29) is 18.4 Å². The number of carboxylic acids is 1. The van der Waals surface area contributed by atoms with Crippen LogP contribution in [-0.2, 0) is 11.0 Å². The molecule has 1 atom stereocenters. The van der Waals surface area contributed by atoms with Crippen molar-refractivity contribution < 1.29 is 32.3 Å². The number of carbonyl (C=O) groups excluding carboxylic acids is 1. The molecule has 22 heavy (non-hydrogen) atoms. The normalized spacial score (nSPS) is 13.0. The van der Waals surface area contributed by atoms with Crippen molar-refractivity contribution in [1.29, 1.82) is 0 Å². The molecule has 0 aliphatic heterocycles. The van der Waals surface area contributed by atoms with Gasteiger partial charge in [-0.3, -0.25) is 4.79 Å². The summed E-state index contributed by atoms with van der Waals surface area (Å²) in [5, 5.41) is 11.1. The highest BCUT2D eigenvalue weighted by Crippen LogP contribution is 2.30. The van der Waals surface area contributed by atoms with Gasteiger partial charge in [-0.1, -0.05) is 13.8 Å². The summed E-state index contributed by atoms with van der Waals surface area (Å²) >= 11 is 0. The van der Waals surface area contributed by atoms with E-state index in [2.05, 4.69) is 5.32 Å². The largest absolute Gasteiger partial charge is 0.480 e. The number of rotatable bonds is 5. The minimum Gasteiger partial charge on any atom is -0.480 e. The second-order valence-corrected chi connectivity index (χ2v) is 5.22. The molecule has 4 nitrogen and oxygen atoms in total. The number of amides is 1. The monoisotopic (exact) mass is 321 g/mol. The summed E-state index contributed by atoms with van der Waals surface area (Å²) in [5.74, 6) is -3.66. The molecule has 0 spiro atoms. The average molecular weight is 321 g/mol. The summed E-state index contributed by atoms with van der Waals surface area (Å²) in [4.78, 5) is 22.9. The maximum absolute atomic E-state index is 13.2. The highest BCUT2D eigenvalue weighted by atomic mass is 19.4. The third-order valence-electron chi connectivity index (χ3n) is 2.80. The van der Waals surface area contributed by atoms with Crippen molar-refractivity contribution in [2.75, 3.05) is 0 Å². The van der Waals surface area contributed by atoms with Gasteiger partial charge < -0.3 is 10.4 Å². The molecule has 1 aromatic rings. The van der Waals surface area contributed by atoms with Gasteiger partial charge in [0, 0.05) is 5.56 Å². The highest BCUT2D eigenvalue weighted by molar-refractivity contribution is 5.96. The van der Waals surface area contributed by atoms with Gasteiger partial charge in [-0.15, -0.1) is 0 Å². The Kier molecular flexibility index (Phi) is 5.51. The zero-order valence-electron chi connectivity index (χ0n) is 11.9. The van der Waals surface area contributed by atoms with Crippen LogP contribution < -0.4 is 5.32 Å². The molecule has 0 radical (unpaired) electrons. The lowest BCUT2D eigenvalue weighted by molar-refractivity contribution is -0.140. The van der Waals surface area contributed by atoms with Gasteiger partial charge in [0.1, 0.15) is 11.9 Å². The molecule has 0 aromatic heterocycles. The van der Waals surface area contributed by atoms with E-state index >= 15 is 0 Å². The lowest BCUT2D eigenvalue weighted by Crippen LogP contribution is -2.41. The van der Waals surface area contributed by atoms with Crippen molar-refractivity contribution in [2.24, 2.45) is 5.92 Å². The lowest BCUT2D eigenvalue weighted by atomic mass is 10.0. The van der Waals surface area contributed by atoms with Crippen LogP contribution >= 0.6 is 0 Å². The van der Waals surface area contributed by atoms with Crippen LogP contribution in [0.3, 0.4) is 0 Å². The maximum Gasteiger partial charge on any atom is 0.416 e. The molecule has 2 N–H and O–H groups in total. The molecule has 0 heterocycles. The molecule has 1 amide bonds. The quantitative estimate of drug-likeness (QED) is 0.819. The number of hydrogen-bond acceptors (Lipinski definition) is 2. The van der Waals surface area contributed by atoms with Crippen LogP contribution in [0.25, 0.3) is 0 Å². The third-order valence-corrected chi connectivity index (χ3v) is 2.80. The molecule has 0 aliphatic carbocycles. The number of aliphatic carboxylic acids is 1. The van der Waals surface area contributed by atoms with Crippen molar-refractivity contribution in [3.8, 4) is 0 Å². The third kappa shape index (κ3) is 5.01. The van der Waals surface area contributed by atoms with Gasteiger partial charge in [0.2, 0.25) is 0 Å². The van der Waals surface area contributed by atoms with E-state index < -0.39 is 41.0 Å². The Bertz CT molecular complexity index is 570. The summed E-state index contributed by atoms with van der Waals surface area (Å²) < 4.78 is 51.0. The Balaban J connectivity index is 3.02. The van der Waals surface area contributed by atoms with Gasteiger partial charge in [0.25, 0.3) is 5.91 Å². The van der Waals surface area contributed by atoms with Gasteiger partial charge in [0.05, 0.1) is 5.56 Å². The van der Waals surface area contributed by atoms with Gasteiger partial charge in [-0.2, -0.15) is 13.2 Å². The van der Waals surface area contributed by atoms with Crippen LogP contribution in [0.15, 0.2) is 18.2 Å². The molecular weight excluding hydrogens is 306 g/mol. The second-order valence-electron chi connectivity index (χ2n) is 5.22. The van der Waals surface area contributed by atoms with E-state index in [0.29, 0.717) is 12.1 Å². The topological polar surface area (TPSA) is 66.4 Å². The molecule has 1 unspecified atom stereocenters.